The first-order chi connectivity index (χ1) is 10.9. The maximum absolute atomic E-state index is 5.90. The van der Waals surface area contributed by atoms with Crippen LogP contribution in [0.2, 0.25) is 0 Å². The van der Waals surface area contributed by atoms with E-state index >= 15 is 0 Å². The lowest BCUT2D eigenvalue weighted by molar-refractivity contribution is 0.222. The second-order valence-corrected chi connectivity index (χ2v) is 6.97. The first-order valence-electron chi connectivity index (χ1n) is 8.68. The van der Waals surface area contributed by atoms with Gasteiger partial charge in [0, 0.05) is 31.6 Å². The predicted octanol–water partition coefficient (Wildman–Crippen LogP) is 2.87. The van der Waals surface area contributed by atoms with Gasteiger partial charge in [0.2, 0.25) is 0 Å². The number of nitrogens with zero attached hydrogens (tertiary/aromatic N) is 2. The highest BCUT2D eigenvalue weighted by Gasteiger charge is 2.09. The van der Waals surface area contributed by atoms with Crippen LogP contribution in [-0.2, 0) is 0 Å². The Morgan fingerprint density at radius 1 is 1.04 bits per heavy atom. The standard InChI is InChI=1S/C19H35N3O/c1-7-19(20-12-13-21(3)4)17-8-10-18(11-9-17)23-15-16(2)14-22(5)6/h8-11,16,19-20H,7,12-15H2,1-6H3. The maximum Gasteiger partial charge on any atom is 0.119 e. The molecule has 0 heterocycles. The first-order valence-corrected chi connectivity index (χ1v) is 8.68. The van der Waals surface area contributed by atoms with Crippen LogP contribution in [0.15, 0.2) is 24.3 Å². The monoisotopic (exact) mass is 321 g/mol. The van der Waals surface area contributed by atoms with Crippen LogP contribution in [0, 0.1) is 5.92 Å². The van der Waals surface area contributed by atoms with Crippen LogP contribution in [-0.4, -0.2) is 64.2 Å². The minimum absolute atomic E-state index is 0.414. The van der Waals surface area contributed by atoms with Gasteiger partial charge in [-0.1, -0.05) is 26.0 Å². The lowest BCUT2D eigenvalue weighted by Crippen LogP contribution is -2.29. The van der Waals surface area contributed by atoms with Gasteiger partial charge in [-0.2, -0.15) is 0 Å². The Morgan fingerprint density at radius 3 is 2.22 bits per heavy atom. The molecule has 0 spiro atoms. The summed E-state index contributed by atoms with van der Waals surface area (Å²) in [6.07, 6.45) is 1.09. The van der Waals surface area contributed by atoms with Gasteiger partial charge in [-0.3, -0.25) is 0 Å². The minimum Gasteiger partial charge on any atom is -0.493 e. The zero-order chi connectivity index (χ0) is 17.2. The van der Waals surface area contributed by atoms with Gasteiger partial charge in [-0.05, 0) is 52.3 Å². The van der Waals surface area contributed by atoms with E-state index in [0.717, 1.165) is 38.4 Å². The lowest BCUT2D eigenvalue weighted by atomic mass is 10.0. The summed E-state index contributed by atoms with van der Waals surface area (Å²) in [7, 11) is 8.40. The van der Waals surface area contributed by atoms with Crippen LogP contribution in [0.3, 0.4) is 0 Å². The molecule has 0 radical (unpaired) electrons. The highest BCUT2D eigenvalue weighted by atomic mass is 16.5. The molecule has 132 valence electrons. The first kappa shape index (κ1) is 19.9. The number of hydrogen-bond acceptors (Lipinski definition) is 4. The Kier molecular flexibility index (Phi) is 9.22. The molecule has 0 saturated heterocycles. The average Bonchev–Trinajstić information content (AvgIpc) is 2.49. The molecule has 1 rings (SSSR count). The van der Waals surface area contributed by atoms with E-state index in [-0.39, 0.29) is 0 Å². The van der Waals surface area contributed by atoms with Crippen molar-refractivity contribution in [2.24, 2.45) is 5.92 Å². The van der Waals surface area contributed by atoms with E-state index in [1.807, 2.05) is 0 Å². The summed E-state index contributed by atoms with van der Waals surface area (Å²) in [5.74, 6) is 1.49. The molecule has 2 unspecified atom stereocenters. The molecule has 0 saturated carbocycles. The van der Waals surface area contributed by atoms with Gasteiger partial charge in [0.05, 0.1) is 6.61 Å². The van der Waals surface area contributed by atoms with Crippen molar-refractivity contribution in [2.45, 2.75) is 26.3 Å². The molecule has 0 aliphatic carbocycles. The van der Waals surface area contributed by atoms with E-state index in [2.05, 4.69) is 81.4 Å². The van der Waals surface area contributed by atoms with Gasteiger partial charge in [-0.25, -0.2) is 0 Å². The summed E-state index contributed by atoms with van der Waals surface area (Å²) in [6, 6.07) is 8.96. The Bertz CT molecular complexity index is 417. The second kappa shape index (κ2) is 10.6. The predicted molar refractivity (Wildman–Crippen MR) is 99.2 cm³/mol. The number of hydrogen-bond donors (Lipinski definition) is 1. The SMILES string of the molecule is CCC(NCCN(C)C)c1ccc(OCC(C)CN(C)C)cc1. The number of nitrogens with one attached hydrogen (secondary N) is 1. The molecule has 4 heteroatoms. The van der Waals surface area contributed by atoms with Crippen LogP contribution in [0.25, 0.3) is 0 Å². The molecule has 2 atom stereocenters. The molecule has 0 bridgehead atoms. The van der Waals surface area contributed by atoms with Crippen molar-refractivity contribution < 1.29 is 4.74 Å². The topological polar surface area (TPSA) is 27.7 Å². The van der Waals surface area contributed by atoms with E-state index in [0.29, 0.717) is 12.0 Å². The Morgan fingerprint density at radius 2 is 1.70 bits per heavy atom. The summed E-state index contributed by atoms with van der Waals surface area (Å²) in [5.41, 5.74) is 1.33. The fraction of sp³-hybridized carbons (Fsp3) is 0.684. The van der Waals surface area contributed by atoms with Crippen LogP contribution in [0.1, 0.15) is 31.9 Å². The molecule has 1 aromatic rings. The van der Waals surface area contributed by atoms with E-state index in [4.69, 9.17) is 4.74 Å². The second-order valence-electron chi connectivity index (χ2n) is 6.97. The third-order valence-electron chi connectivity index (χ3n) is 3.85. The Hall–Kier alpha value is -1.10. The number of likely N-dealkylation sites (N-methyl/N-ethyl adjacent to an activating group) is 1. The summed E-state index contributed by atoms with van der Waals surface area (Å²) in [5, 5.41) is 3.62. The number of rotatable bonds is 11. The third-order valence-corrected chi connectivity index (χ3v) is 3.85. The summed E-state index contributed by atoms with van der Waals surface area (Å²) < 4.78 is 5.90. The van der Waals surface area contributed by atoms with E-state index in [1.165, 1.54) is 5.56 Å². The zero-order valence-electron chi connectivity index (χ0n) is 15.8. The van der Waals surface area contributed by atoms with Crippen molar-refractivity contribution in [1.82, 2.24) is 15.1 Å². The highest BCUT2D eigenvalue weighted by molar-refractivity contribution is 5.29. The zero-order valence-corrected chi connectivity index (χ0v) is 15.8. The average molecular weight is 322 g/mol. The molecule has 0 amide bonds. The van der Waals surface area contributed by atoms with Gasteiger partial charge in [0.1, 0.15) is 5.75 Å². The van der Waals surface area contributed by atoms with E-state index in [1.54, 1.807) is 0 Å². The summed E-state index contributed by atoms with van der Waals surface area (Å²) >= 11 is 0. The van der Waals surface area contributed by atoms with Crippen LogP contribution in [0.4, 0.5) is 0 Å². The molecule has 23 heavy (non-hydrogen) atoms. The molecule has 1 aromatic carbocycles. The van der Waals surface area contributed by atoms with Gasteiger partial charge in [-0.15, -0.1) is 0 Å². The lowest BCUT2D eigenvalue weighted by Gasteiger charge is -2.20. The highest BCUT2D eigenvalue weighted by Crippen LogP contribution is 2.20. The van der Waals surface area contributed by atoms with Crippen molar-refractivity contribution in [3.8, 4) is 5.75 Å². The van der Waals surface area contributed by atoms with Gasteiger partial charge >= 0.3 is 0 Å². The van der Waals surface area contributed by atoms with Gasteiger partial charge in [0.25, 0.3) is 0 Å². The van der Waals surface area contributed by atoms with Crippen molar-refractivity contribution in [3.05, 3.63) is 29.8 Å². The fourth-order valence-corrected chi connectivity index (χ4v) is 2.67. The minimum atomic E-state index is 0.414. The smallest absolute Gasteiger partial charge is 0.119 e. The van der Waals surface area contributed by atoms with Crippen LogP contribution in [0.5, 0.6) is 5.75 Å². The van der Waals surface area contributed by atoms with Crippen molar-refractivity contribution in [1.29, 1.82) is 0 Å². The molecule has 0 aliphatic rings. The van der Waals surface area contributed by atoms with Crippen LogP contribution >= 0.6 is 0 Å². The van der Waals surface area contributed by atoms with E-state index < -0.39 is 0 Å². The number of benzene rings is 1. The summed E-state index contributed by atoms with van der Waals surface area (Å²) in [4.78, 5) is 4.40. The third kappa shape index (κ3) is 8.35. The molecule has 1 N–H and O–H groups in total. The quantitative estimate of drug-likeness (QED) is 0.678. The van der Waals surface area contributed by atoms with Gasteiger partial charge in [0.15, 0.2) is 0 Å². The normalized spacial score (nSPS) is 14.3. The summed E-state index contributed by atoms with van der Waals surface area (Å²) in [6.45, 7) is 8.31. The fourth-order valence-electron chi connectivity index (χ4n) is 2.67. The van der Waals surface area contributed by atoms with Crippen molar-refractivity contribution in [2.75, 3.05) is 54.4 Å². The molecular weight excluding hydrogens is 286 g/mol. The molecule has 4 nitrogen and oxygen atoms in total. The Labute approximate surface area is 142 Å². The van der Waals surface area contributed by atoms with Gasteiger partial charge < -0.3 is 19.9 Å². The molecule has 0 aromatic heterocycles. The number of ether oxygens (including phenoxy) is 1. The van der Waals surface area contributed by atoms with Crippen molar-refractivity contribution in [3.63, 3.8) is 0 Å². The molecular formula is C19H35N3O. The molecule has 0 aliphatic heterocycles. The molecule has 0 fully saturated rings. The maximum atomic E-state index is 5.90. The Balaban J connectivity index is 2.47. The van der Waals surface area contributed by atoms with Crippen LogP contribution < -0.4 is 10.1 Å². The largest absolute Gasteiger partial charge is 0.493 e. The van der Waals surface area contributed by atoms with E-state index in [9.17, 15) is 0 Å². The van der Waals surface area contributed by atoms with Crippen molar-refractivity contribution >= 4 is 0 Å².